The lowest BCUT2D eigenvalue weighted by molar-refractivity contribution is -0.140. The Morgan fingerprint density at radius 3 is 2.39 bits per heavy atom. The van der Waals surface area contributed by atoms with Crippen LogP contribution in [0.15, 0.2) is 48.0 Å². The molecule has 1 saturated heterocycles. The van der Waals surface area contributed by atoms with E-state index in [4.69, 9.17) is 25.8 Å². The van der Waals surface area contributed by atoms with E-state index in [0.29, 0.717) is 23.7 Å². The van der Waals surface area contributed by atoms with Crippen LogP contribution >= 0.6 is 11.6 Å². The first-order chi connectivity index (χ1) is 14.9. The van der Waals surface area contributed by atoms with Crippen molar-refractivity contribution in [1.29, 1.82) is 0 Å². The van der Waals surface area contributed by atoms with Crippen molar-refractivity contribution in [2.24, 2.45) is 0 Å². The molecule has 3 rings (SSSR count). The van der Waals surface area contributed by atoms with Crippen molar-refractivity contribution in [2.45, 2.75) is 13.0 Å². The average molecular weight is 446 g/mol. The van der Waals surface area contributed by atoms with Gasteiger partial charge in [0, 0.05) is 19.2 Å². The number of rotatable bonds is 8. The fourth-order valence-electron chi connectivity index (χ4n) is 3.52. The Balaban J connectivity index is 2.16. The van der Waals surface area contributed by atoms with Gasteiger partial charge in [0.25, 0.3) is 11.7 Å². The summed E-state index contributed by atoms with van der Waals surface area (Å²) in [4.78, 5) is 27.2. The molecule has 1 amide bonds. The molecular weight excluding hydrogens is 422 g/mol. The molecule has 1 unspecified atom stereocenters. The second-order valence-corrected chi connectivity index (χ2v) is 7.24. The van der Waals surface area contributed by atoms with Crippen molar-refractivity contribution in [3.63, 3.8) is 0 Å². The van der Waals surface area contributed by atoms with Crippen LogP contribution in [0.5, 0.6) is 11.5 Å². The number of amides is 1. The van der Waals surface area contributed by atoms with Gasteiger partial charge in [0.05, 0.1) is 37.0 Å². The first kappa shape index (κ1) is 22.7. The number of ketones is 1. The van der Waals surface area contributed by atoms with Crippen LogP contribution < -0.4 is 9.47 Å². The molecule has 1 N–H and O–H groups in total. The van der Waals surface area contributed by atoms with E-state index in [1.807, 2.05) is 6.92 Å². The summed E-state index contributed by atoms with van der Waals surface area (Å²) in [6.07, 6.45) is 0. The second kappa shape index (κ2) is 9.85. The number of hydrogen-bond acceptors (Lipinski definition) is 6. The van der Waals surface area contributed by atoms with Crippen molar-refractivity contribution in [2.75, 3.05) is 34.0 Å². The molecule has 1 atom stereocenters. The molecule has 0 radical (unpaired) electrons. The number of Topliss-reactive ketones (excluding diaryl/α,β-unsaturated/α-hetero) is 1. The van der Waals surface area contributed by atoms with Gasteiger partial charge in [-0.3, -0.25) is 9.59 Å². The molecule has 2 aromatic carbocycles. The van der Waals surface area contributed by atoms with Gasteiger partial charge >= 0.3 is 0 Å². The van der Waals surface area contributed by atoms with Crippen molar-refractivity contribution in [1.82, 2.24) is 4.90 Å². The van der Waals surface area contributed by atoms with Crippen LogP contribution in [0.2, 0.25) is 5.02 Å². The minimum absolute atomic E-state index is 0.0413. The summed E-state index contributed by atoms with van der Waals surface area (Å²) in [5.74, 6) is -0.739. The molecule has 1 aliphatic rings. The lowest BCUT2D eigenvalue weighted by atomic mass is 9.95. The summed E-state index contributed by atoms with van der Waals surface area (Å²) < 4.78 is 15.8. The maximum Gasteiger partial charge on any atom is 0.295 e. The van der Waals surface area contributed by atoms with Gasteiger partial charge in [0.2, 0.25) is 0 Å². The molecule has 1 fully saturated rings. The van der Waals surface area contributed by atoms with Gasteiger partial charge in [0.1, 0.15) is 17.3 Å². The largest absolute Gasteiger partial charge is 0.507 e. The van der Waals surface area contributed by atoms with Crippen molar-refractivity contribution in [3.05, 3.63) is 64.2 Å². The Kier molecular flexibility index (Phi) is 7.20. The third kappa shape index (κ3) is 4.52. The molecule has 2 aromatic rings. The van der Waals surface area contributed by atoms with Crippen LogP contribution in [0, 0.1) is 0 Å². The standard InChI is InChI=1S/C23H24ClNO6/c1-4-31-15-7-5-14(6-8-15)20-19(22(27)23(28)25(20)11-12-29-2)21(26)17-13-16(30-3)9-10-18(17)24/h5-10,13,20,26H,4,11-12H2,1-3H3/b21-19+. The number of benzene rings is 2. The zero-order valence-corrected chi connectivity index (χ0v) is 18.3. The normalized spacial score (nSPS) is 17.8. The highest BCUT2D eigenvalue weighted by Crippen LogP contribution is 2.41. The third-order valence-electron chi connectivity index (χ3n) is 5.01. The zero-order valence-electron chi connectivity index (χ0n) is 17.6. The predicted molar refractivity (Wildman–Crippen MR) is 117 cm³/mol. The van der Waals surface area contributed by atoms with Gasteiger partial charge in [-0.25, -0.2) is 0 Å². The molecule has 1 heterocycles. The Hall–Kier alpha value is -3.03. The fourth-order valence-corrected chi connectivity index (χ4v) is 3.72. The molecule has 1 aliphatic heterocycles. The van der Waals surface area contributed by atoms with Crippen molar-refractivity contribution in [3.8, 4) is 11.5 Å². The summed E-state index contributed by atoms with van der Waals surface area (Å²) in [7, 11) is 3.00. The first-order valence-electron chi connectivity index (χ1n) is 9.76. The van der Waals surface area contributed by atoms with Gasteiger partial charge in [-0.05, 0) is 42.8 Å². The van der Waals surface area contributed by atoms with Crippen LogP contribution in [0.1, 0.15) is 24.1 Å². The van der Waals surface area contributed by atoms with E-state index >= 15 is 0 Å². The van der Waals surface area contributed by atoms with E-state index in [-0.39, 0.29) is 35.1 Å². The Morgan fingerprint density at radius 2 is 1.77 bits per heavy atom. The summed E-state index contributed by atoms with van der Waals surface area (Å²) in [5.41, 5.74) is 0.821. The number of carbonyl (C=O) groups is 2. The monoisotopic (exact) mass is 445 g/mol. The number of carbonyl (C=O) groups excluding carboxylic acids is 2. The number of aliphatic hydroxyl groups is 1. The molecule has 31 heavy (non-hydrogen) atoms. The van der Waals surface area contributed by atoms with E-state index < -0.39 is 17.7 Å². The highest BCUT2D eigenvalue weighted by molar-refractivity contribution is 6.47. The van der Waals surface area contributed by atoms with Crippen LogP contribution in [-0.2, 0) is 14.3 Å². The van der Waals surface area contributed by atoms with Gasteiger partial charge in [-0.15, -0.1) is 0 Å². The van der Waals surface area contributed by atoms with Crippen LogP contribution in [0.4, 0.5) is 0 Å². The topological polar surface area (TPSA) is 85.3 Å². The minimum atomic E-state index is -0.798. The minimum Gasteiger partial charge on any atom is -0.507 e. The highest BCUT2D eigenvalue weighted by Gasteiger charge is 2.46. The van der Waals surface area contributed by atoms with Crippen LogP contribution in [-0.4, -0.2) is 55.7 Å². The maximum atomic E-state index is 13.0. The van der Waals surface area contributed by atoms with E-state index in [1.54, 1.807) is 36.4 Å². The molecular formula is C23H24ClNO6. The predicted octanol–water partition coefficient (Wildman–Crippen LogP) is 3.82. The molecule has 0 saturated carbocycles. The zero-order chi connectivity index (χ0) is 22.5. The third-order valence-corrected chi connectivity index (χ3v) is 5.34. The summed E-state index contributed by atoms with van der Waals surface area (Å²) in [6, 6.07) is 11.0. The molecule has 164 valence electrons. The van der Waals surface area contributed by atoms with E-state index in [0.717, 1.165) is 0 Å². The molecule has 7 nitrogen and oxygen atoms in total. The smallest absolute Gasteiger partial charge is 0.295 e. The quantitative estimate of drug-likeness (QED) is 0.378. The molecule has 0 spiro atoms. The molecule has 8 heteroatoms. The molecule has 0 aliphatic carbocycles. The average Bonchev–Trinajstić information content (AvgIpc) is 3.03. The Bertz CT molecular complexity index is 1000. The van der Waals surface area contributed by atoms with Gasteiger partial charge in [-0.1, -0.05) is 23.7 Å². The Labute approximate surface area is 185 Å². The van der Waals surface area contributed by atoms with Gasteiger partial charge in [0.15, 0.2) is 0 Å². The lowest BCUT2D eigenvalue weighted by Gasteiger charge is -2.25. The Morgan fingerprint density at radius 1 is 1.10 bits per heavy atom. The van der Waals surface area contributed by atoms with Crippen molar-refractivity contribution < 1.29 is 28.9 Å². The highest BCUT2D eigenvalue weighted by atomic mass is 35.5. The number of aliphatic hydroxyl groups excluding tert-OH is 1. The summed E-state index contributed by atoms with van der Waals surface area (Å²) in [6.45, 7) is 2.81. The molecule has 0 bridgehead atoms. The first-order valence-corrected chi connectivity index (χ1v) is 10.1. The maximum absolute atomic E-state index is 13.0. The van der Waals surface area contributed by atoms with Crippen LogP contribution in [0.3, 0.4) is 0 Å². The summed E-state index contributed by atoms with van der Waals surface area (Å²) in [5, 5.41) is 11.3. The van der Waals surface area contributed by atoms with E-state index in [2.05, 4.69) is 0 Å². The van der Waals surface area contributed by atoms with Crippen molar-refractivity contribution >= 4 is 29.1 Å². The number of likely N-dealkylation sites (tertiary alicyclic amines) is 1. The van der Waals surface area contributed by atoms with Crippen LogP contribution in [0.25, 0.3) is 5.76 Å². The number of hydrogen-bond donors (Lipinski definition) is 1. The van der Waals surface area contributed by atoms with Gasteiger partial charge < -0.3 is 24.2 Å². The molecule has 0 aromatic heterocycles. The second-order valence-electron chi connectivity index (χ2n) is 6.83. The number of halogens is 1. The summed E-state index contributed by atoms with van der Waals surface area (Å²) >= 11 is 6.28. The van der Waals surface area contributed by atoms with E-state index in [9.17, 15) is 14.7 Å². The SMILES string of the molecule is CCOc1ccc(C2/C(=C(\O)c3cc(OC)ccc3Cl)C(=O)C(=O)N2CCOC)cc1. The number of ether oxygens (including phenoxy) is 3. The fraction of sp³-hybridized carbons (Fsp3) is 0.304. The van der Waals surface area contributed by atoms with E-state index in [1.165, 1.54) is 25.2 Å². The van der Waals surface area contributed by atoms with Gasteiger partial charge in [-0.2, -0.15) is 0 Å². The lowest BCUT2D eigenvalue weighted by Crippen LogP contribution is -2.32. The number of methoxy groups -OCH3 is 2. The number of nitrogens with zero attached hydrogens (tertiary/aromatic N) is 1.